The number of rotatable bonds is 3. The van der Waals surface area contributed by atoms with Crippen molar-refractivity contribution in [3.63, 3.8) is 0 Å². The Hall–Kier alpha value is -1.13. The maximum atomic E-state index is 11.1. The van der Waals surface area contributed by atoms with Gasteiger partial charge >= 0.3 is 0 Å². The molecule has 0 aliphatic carbocycles. The van der Waals surface area contributed by atoms with Crippen LogP contribution in [0.5, 0.6) is 0 Å². The van der Waals surface area contributed by atoms with Crippen molar-refractivity contribution in [3.8, 4) is 6.07 Å². The topological polar surface area (TPSA) is 82.8 Å². The number of aromatic nitrogens is 1. The average Bonchev–Trinajstić information content (AvgIpc) is 2.08. The maximum absolute atomic E-state index is 11.1. The van der Waals surface area contributed by atoms with E-state index in [4.69, 9.17) is 5.26 Å². The Bertz CT molecular complexity index is 449. The van der Waals surface area contributed by atoms with Crippen molar-refractivity contribution >= 4 is 31.6 Å². The summed E-state index contributed by atoms with van der Waals surface area (Å²) in [5.41, 5.74) is 0.337. The number of sulfonamides is 1. The molecule has 7 heteroatoms. The fourth-order valence-corrected chi connectivity index (χ4v) is 1.69. The second-order valence-electron chi connectivity index (χ2n) is 2.39. The van der Waals surface area contributed by atoms with Crippen LogP contribution in [-0.4, -0.2) is 19.2 Å². The lowest BCUT2D eigenvalue weighted by molar-refractivity contribution is 0.604. The highest BCUT2D eigenvalue weighted by atomic mass is 79.9. The lowest BCUT2D eigenvalue weighted by Gasteiger charge is -2.03. The third-order valence-electron chi connectivity index (χ3n) is 1.26. The summed E-state index contributed by atoms with van der Waals surface area (Å²) in [7, 11) is -3.56. The molecule has 14 heavy (non-hydrogen) atoms. The van der Waals surface area contributed by atoms with Crippen LogP contribution in [-0.2, 0) is 10.0 Å². The average molecular weight is 276 g/mol. The molecule has 0 aliphatic rings. The van der Waals surface area contributed by atoms with Crippen molar-refractivity contribution in [2.24, 2.45) is 0 Å². The third-order valence-corrected chi connectivity index (χ3v) is 2.78. The SMILES string of the molecule is N#CCS(=O)(=O)Nc1ccc(Br)nc1. The Morgan fingerprint density at radius 3 is 2.79 bits per heavy atom. The lowest BCUT2D eigenvalue weighted by atomic mass is 10.4. The summed E-state index contributed by atoms with van der Waals surface area (Å²) >= 11 is 3.12. The van der Waals surface area contributed by atoms with Crippen LogP contribution in [0.15, 0.2) is 22.9 Å². The molecular formula is C7H6BrN3O2S. The highest BCUT2D eigenvalue weighted by Crippen LogP contribution is 2.11. The highest BCUT2D eigenvalue weighted by Gasteiger charge is 2.08. The van der Waals surface area contributed by atoms with Crippen LogP contribution in [0.25, 0.3) is 0 Å². The first-order valence-electron chi connectivity index (χ1n) is 3.52. The first-order chi connectivity index (χ1) is 6.53. The van der Waals surface area contributed by atoms with Gasteiger partial charge in [0.25, 0.3) is 0 Å². The Morgan fingerprint density at radius 2 is 2.29 bits per heavy atom. The van der Waals surface area contributed by atoms with Gasteiger partial charge in [0.2, 0.25) is 10.0 Å². The number of nitrogens with one attached hydrogen (secondary N) is 1. The molecule has 0 spiro atoms. The van der Waals surface area contributed by atoms with E-state index >= 15 is 0 Å². The molecule has 1 rings (SSSR count). The number of nitrogens with zero attached hydrogens (tertiary/aromatic N) is 2. The Labute approximate surface area is 90.0 Å². The summed E-state index contributed by atoms with van der Waals surface area (Å²) < 4.78 is 25.0. The van der Waals surface area contributed by atoms with Crippen LogP contribution >= 0.6 is 15.9 Å². The van der Waals surface area contributed by atoms with E-state index in [1.807, 2.05) is 0 Å². The van der Waals surface area contributed by atoms with Gasteiger partial charge in [-0.3, -0.25) is 4.72 Å². The molecule has 0 saturated heterocycles. The van der Waals surface area contributed by atoms with Crippen LogP contribution in [0.4, 0.5) is 5.69 Å². The van der Waals surface area contributed by atoms with Crippen molar-refractivity contribution < 1.29 is 8.42 Å². The molecule has 0 radical (unpaired) electrons. The smallest absolute Gasteiger partial charge is 0.246 e. The van der Waals surface area contributed by atoms with Gasteiger partial charge in [-0.15, -0.1) is 0 Å². The summed E-state index contributed by atoms with van der Waals surface area (Å²) in [5.74, 6) is -0.566. The zero-order valence-corrected chi connectivity index (χ0v) is 9.34. The van der Waals surface area contributed by atoms with E-state index in [0.717, 1.165) is 0 Å². The molecule has 1 heterocycles. The van der Waals surface area contributed by atoms with Crippen molar-refractivity contribution in [1.82, 2.24) is 4.98 Å². The van der Waals surface area contributed by atoms with E-state index in [1.165, 1.54) is 6.20 Å². The second kappa shape index (κ2) is 4.39. The summed E-state index contributed by atoms with van der Waals surface area (Å²) in [6.07, 6.45) is 1.36. The molecule has 5 nitrogen and oxygen atoms in total. The normalized spacial score (nSPS) is 10.6. The van der Waals surface area contributed by atoms with Crippen molar-refractivity contribution in [1.29, 1.82) is 5.26 Å². The van der Waals surface area contributed by atoms with Gasteiger partial charge in [-0.25, -0.2) is 13.4 Å². The number of pyridine rings is 1. The van der Waals surface area contributed by atoms with E-state index < -0.39 is 15.8 Å². The Kier molecular flexibility index (Phi) is 3.43. The molecule has 0 unspecified atom stereocenters. The molecule has 1 N–H and O–H groups in total. The molecule has 0 atom stereocenters. The fraction of sp³-hybridized carbons (Fsp3) is 0.143. The van der Waals surface area contributed by atoms with E-state index in [-0.39, 0.29) is 0 Å². The molecule has 0 amide bonds. The molecule has 0 fully saturated rings. The summed E-state index contributed by atoms with van der Waals surface area (Å²) in [6, 6.07) is 4.71. The molecule has 1 aromatic heterocycles. The molecule has 0 bridgehead atoms. The van der Waals surface area contributed by atoms with E-state index in [9.17, 15) is 8.42 Å². The largest absolute Gasteiger partial charge is 0.281 e. The van der Waals surface area contributed by atoms with Crippen LogP contribution < -0.4 is 4.72 Å². The minimum Gasteiger partial charge on any atom is -0.281 e. The number of hydrogen-bond donors (Lipinski definition) is 1. The first-order valence-corrected chi connectivity index (χ1v) is 5.97. The Balaban J connectivity index is 2.80. The van der Waals surface area contributed by atoms with Crippen LogP contribution in [0, 0.1) is 11.3 Å². The minimum absolute atomic E-state index is 0.337. The number of halogens is 1. The quantitative estimate of drug-likeness (QED) is 0.838. The molecular weight excluding hydrogens is 270 g/mol. The Morgan fingerprint density at radius 1 is 1.57 bits per heavy atom. The number of anilines is 1. The van der Waals surface area contributed by atoms with E-state index in [2.05, 4.69) is 25.6 Å². The maximum Gasteiger partial charge on any atom is 0.246 e. The van der Waals surface area contributed by atoms with Gasteiger partial charge in [0.1, 0.15) is 4.60 Å². The van der Waals surface area contributed by atoms with Gasteiger partial charge < -0.3 is 0 Å². The van der Waals surface area contributed by atoms with Crippen LogP contribution in [0.2, 0.25) is 0 Å². The van der Waals surface area contributed by atoms with Crippen molar-refractivity contribution in [2.45, 2.75) is 0 Å². The van der Waals surface area contributed by atoms with E-state index in [1.54, 1.807) is 18.2 Å². The molecule has 0 saturated carbocycles. The summed E-state index contributed by atoms with van der Waals surface area (Å²) in [5, 5.41) is 8.23. The number of nitriles is 1. The van der Waals surface area contributed by atoms with Gasteiger partial charge in [-0.1, -0.05) is 0 Å². The van der Waals surface area contributed by atoms with Crippen LogP contribution in [0.1, 0.15) is 0 Å². The predicted octanol–water partition coefficient (Wildman–Crippen LogP) is 1.11. The zero-order valence-electron chi connectivity index (χ0n) is 6.94. The van der Waals surface area contributed by atoms with Gasteiger partial charge in [0, 0.05) is 0 Å². The highest BCUT2D eigenvalue weighted by molar-refractivity contribution is 9.10. The third kappa shape index (κ3) is 3.32. The van der Waals surface area contributed by atoms with Gasteiger partial charge in [0.15, 0.2) is 5.75 Å². The van der Waals surface area contributed by atoms with Crippen molar-refractivity contribution in [2.75, 3.05) is 10.5 Å². The zero-order chi connectivity index (χ0) is 10.6. The monoisotopic (exact) mass is 275 g/mol. The van der Waals surface area contributed by atoms with Gasteiger partial charge in [0.05, 0.1) is 18.0 Å². The molecule has 74 valence electrons. The van der Waals surface area contributed by atoms with Gasteiger partial charge in [-0.2, -0.15) is 5.26 Å². The summed E-state index contributed by atoms with van der Waals surface area (Å²) in [4.78, 5) is 3.83. The molecule has 0 aromatic carbocycles. The fourth-order valence-electron chi connectivity index (χ4n) is 0.737. The first kappa shape index (κ1) is 10.9. The van der Waals surface area contributed by atoms with Gasteiger partial charge in [-0.05, 0) is 28.1 Å². The lowest BCUT2D eigenvalue weighted by Crippen LogP contribution is -2.15. The van der Waals surface area contributed by atoms with Crippen LogP contribution in [0.3, 0.4) is 0 Å². The standard InChI is InChI=1S/C7H6BrN3O2S/c8-7-2-1-6(5-10-7)11-14(12,13)4-3-9/h1-2,5,11H,4H2. The number of hydrogen-bond acceptors (Lipinski definition) is 4. The minimum atomic E-state index is -3.56. The van der Waals surface area contributed by atoms with Crippen molar-refractivity contribution in [3.05, 3.63) is 22.9 Å². The van der Waals surface area contributed by atoms with E-state index in [0.29, 0.717) is 10.3 Å². The molecule has 0 aliphatic heterocycles. The predicted molar refractivity (Wildman–Crippen MR) is 55.0 cm³/mol. The summed E-state index contributed by atoms with van der Waals surface area (Å²) in [6.45, 7) is 0. The second-order valence-corrected chi connectivity index (χ2v) is 4.92. The molecule has 1 aromatic rings.